The van der Waals surface area contributed by atoms with Gasteiger partial charge in [0.15, 0.2) is 0 Å². The van der Waals surface area contributed by atoms with Crippen molar-refractivity contribution in [2.45, 2.75) is 32.6 Å². The first-order chi connectivity index (χ1) is 14.7. The van der Waals surface area contributed by atoms with E-state index in [0.29, 0.717) is 0 Å². The van der Waals surface area contributed by atoms with E-state index >= 15 is 0 Å². The minimum absolute atomic E-state index is 0.0663. The van der Waals surface area contributed by atoms with Crippen molar-refractivity contribution in [1.29, 1.82) is 0 Å². The third kappa shape index (κ3) is 3.46. The highest BCUT2D eigenvalue weighted by molar-refractivity contribution is 7.16. The maximum Gasteiger partial charge on any atom is 0.259 e. The Labute approximate surface area is 179 Å². The van der Waals surface area contributed by atoms with E-state index in [9.17, 15) is 4.79 Å². The molecule has 0 bridgehead atoms. The molecular formula is C25H23N3OS. The number of H-pyrrole nitrogens is 1. The predicted octanol–water partition coefficient (Wildman–Crippen LogP) is 6.42. The van der Waals surface area contributed by atoms with Gasteiger partial charge >= 0.3 is 0 Å². The lowest BCUT2D eigenvalue weighted by atomic mass is 9.95. The van der Waals surface area contributed by atoms with E-state index in [0.717, 1.165) is 57.7 Å². The number of nitrogens with one attached hydrogen (secondary N) is 2. The van der Waals surface area contributed by atoms with E-state index in [1.807, 2.05) is 48.7 Å². The predicted molar refractivity (Wildman–Crippen MR) is 126 cm³/mol. The zero-order valence-corrected chi connectivity index (χ0v) is 17.7. The van der Waals surface area contributed by atoms with E-state index in [1.54, 1.807) is 11.3 Å². The lowest BCUT2D eigenvalue weighted by Gasteiger charge is -2.12. The summed E-state index contributed by atoms with van der Waals surface area (Å²) in [5.41, 5.74) is 5.99. The summed E-state index contributed by atoms with van der Waals surface area (Å²) in [6, 6.07) is 17.9. The van der Waals surface area contributed by atoms with Crippen LogP contribution in [0.2, 0.25) is 0 Å². The summed E-state index contributed by atoms with van der Waals surface area (Å²) in [6.07, 6.45) is 6.20. The molecule has 0 fully saturated rings. The smallest absolute Gasteiger partial charge is 0.259 e. The van der Waals surface area contributed by atoms with Crippen molar-refractivity contribution in [2.24, 2.45) is 4.99 Å². The first-order valence-electron chi connectivity index (χ1n) is 10.3. The van der Waals surface area contributed by atoms with Crippen LogP contribution >= 0.6 is 11.3 Å². The molecule has 0 radical (unpaired) electrons. The standard InChI is InChI=1S/C25H23N3OS/c1-16-20(18-11-5-7-13-21(18)27-16)15-26-25-23(19-12-6-8-14-22(19)30-25)24(29)28-17-9-3-2-4-10-17/h2-5,7,9-11,13,15,27H,6,8,12,14H2,1H3,(H,28,29)/b26-15-. The first-order valence-corrected chi connectivity index (χ1v) is 11.1. The second kappa shape index (κ2) is 7.92. The summed E-state index contributed by atoms with van der Waals surface area (Å²) in [5, 5.41) is 5.01. The normalized spacial score (nSPS) is 13.6. The SMILES string of the molecule is Cc1[nH]c2ccccc2c1/C=N\c1sc2c(c1C(=O)Nc1ccccc1)CCCC2. The Morgan fingerprint density at radius 3 is 2.70 bits per heavy atom. The molecule has 1 aliphatic rings. The Bertz CT molecular complexity index is 1250. The fraction of sp³-hybridized carbons (Fsp3) is 0.200. The number of aliphatic imine (C=N–C) groups is 1. The van der Waals surface area contributed by atoms with Crippen molar-refractivity contribution in [1.82, 2.24) is 4.98 Å². The average Bonchev–Trinajstić information content (AvgIpc) is 3.29. The van der Waals surface area contributed by atoms with Crippen LogP contribution in [0.3, 0.4) is 0 Å². The molecule has 4 aromatic rings. The number of rotatable bonds is 4. The molecule has 2 aromatic heterocycles. The number of para-hydroxylation sites is 2. The van der Waals surface area contributed by atoms with Gasteiger partial charge in [0.1, 0.15) is 5.00 Å². The minimum atomic E-state index is -0.0663. The highest BCUT2D eigenvalue weighted by Gasteiger charge is 2.25. The Morgan fingerprint density at radius 1 is 1.07 bits per heavy atom. The van der Waals surface area contributed by atoms with E-state index in [1.165, 1.54) is 16.9 Å². The van der Waals surface area contributed by atoms with Crippen LogP contribution in [0.5, 0.6) is 0 Å². The number of fused-ring (bicyclic) bond motifs is 2. The second-order valence-electron chi connectivity index (χ2n) is 7.68. The van der Waals surface area contributed by atoms with Crippen molar-refractivity contribution in [3.8, 4) is 0 Å². The van der Waals surface area contributed by atoms with Gasteiger partial charge in [0.05, 0.1) is 5.56 Å². The number of benzene rings is 2. The molecule has 1 aliphatic carbocycles. The van der Waals surface area contributed by atoms with Gasteiger partial charge in [0.2, 0.25) is 0 Å². The zero-order chi connectivity index (χ0) is 20.5. The molecule has 5 heteroatoms. The van der Waals surface area contributed by atoms with Gasteiger partial charge in [0.25, 0.3) is 5.91 Å². The molecule has 2 heterocycles. The molecule has 0 aliphatic heterocycles. The molecule has 2 N–H and O–H groups in total. The molecular weight excluding hydrogens is 390 g/mol. The molecule has 150 valence electrons. The highest BCUT2D eigenvalue weighted by atomic mass is 32.1. The minimum Gasteiger partial charge on any atom is -0.358 e. The number of aromatic nitrogens is 1. The molecule has 4 nitrogen and oxygen atoms in total. The van der Waals surface area contributed by atoms with Gasteiger partial charge in [-0.1, -0.05) is 36.4 Å². The molecule has 0 unspecified atom stereocenters. The number of carbonyl (C=O) groups excluding carboxylic acids is 1. The van der Waals surface area contributed by atoms with Gasteiger partial charge in [-0.25, -0.2) is 4.99 Å². The number of nitrogens with zero attached hydrogens (tertiary/aromatic N) is 1. The van der Waals surface area contributed by atoms with Crippen LogP contribution in [0.4, 0.5) is 10.7 Å². The maximum atomic E-state index is 13.2. The lowest BCUT2D eigenvalue weighted by Crippen LogP contribution is -2.14. The van der Waals surface area contributed by atoms with Crippen molar-refractivity contribution in [2.75, 3.05) is 5.32 Å². The van der Waals surface area contributed by atoms with Gasteiger partial charge in [-0.3, -0.25) is 4.79 Å². The molecule has 1 amide bonds. The van der Waals surface area contributed by atoms with Crippen LogP contribution in [0.1, 0.15) is 44.9 Å². The van der Waals surface area contributed by atoms with Crippen LogP contribution < -0.4 is 5.32 Å². The first kappa shape index (κ1) is 18.8. The van der Waals surface area contributed by atoms with E-state index in [-0.39, 0.29) is 5.91 Å². The molecule has 0 saturated heterocycles. The van der Waals surface area contributed by atoms with Crippen molar-refractivity contribution in [3.63, 3.8) is 0 Å². The van der Waals surface area contributed by atoms with E-state index in [4.69, 9.17) is 4.99 Å². The van der Waals surface area contributed by atoms with Gasteiger partial charge in [-0.2, -0.15) is 0 Å². The van der Waals surface area contributed by atoms with Crippen LogP contribution in [0.25, 0.3) is 10.9 Å². The van der Waals surface area contributed by atoms with Crippen molar-refractivity contribution < 1.29 is 4.79 Å². The number of aromatic amines is 1. The maximum absolute atomic E-state index is 13.2. The Hall–Kier alpha value is -3.18. The highest BCUT2D eigenvalue weighted by Crippen LogP contribution is 2.40. The molecule has 0 saturated carbocycles. The number of thiophene rings is 1. The molecule has 0 atom stereocenters. The number of carbonyl (C=O) groups is 1. The number of hydrogen-bond donors (Lipinski definition) is 2. The Balaban J connectivity index is 1.54. The third-order valence-electron chi connectivity index (χ3n) is 5.67. The van der Waals surface area contributed by atoms with Crippen molar-refractivity contribution >= 4 is 45.0 Å². The fourth-order valence-electron chi connectivity index (χ4n) is 4.18. The summed E-state index contributed by atoms with van der Waals surface area (Å²) in [6.45, 7) is 2.06. The quantitative estimate of drug-likeness (QED) is 0.373. The van der Waals surface area contributed by atoms with Crippen LogP contribution in [-0.2, 0) is 12.8 Å². The molecule has 2 aromatic carbocycles. The molecule has 0 spiro atoms. The largest absolute Gasteiger partial charge is 0.358 e. The van der Waals surface area contributed by atoms with Crippen LogP contribution in [0.15, 0.2) is 59.6 Å². The van der Waals surface area contributed by atoms with Crippen LogP contribution in [0, 0.1) is 6.92 Å². The van der Waals surface area contributed by atoms with Gasteiger partial charge in [-0.15, -0.1) is 11.3 Å². The summed E-state index contributed by atoms with van der Waals surface area (Å²) < 4.78 is 0. The number of amides is 1. The fourth-order valence-corrected chi connectivity index (χ4v) is 5.41. The monoisotopic (exact) mass is 413 g/mol. The Kier molecular flexibility index (Phi) is 4.97. The number of anilines is 1. The average molecular weight is 414 g/mol. The zero-order valence-electron chi connectivity index (χ0n) is 16.9. The van der Waals surface area contributed by atoms with E-state index in [2.05, 4.69) is 29.4 Å². The van der Waals surface area contributed by atoms with Gasteiger partial charge in [-0.05, 0) is 56.4 Å². The van der Waals surface area contributed by atoms with Gasteiger partial charge in [0, 0.05) is 38.9 Å². The number of hydrogen-bond acceptors (Lipinski definition) is 3. The van der Waals surface area contributed by atoms with E-state index < -0.39 is 0 Å². The van der Waals surface area contributed by atoms with Crippen LogP contribution in [-0.4, -0.2) is 17.1 Å². The third-order valence-corrected chi connectivity index (χ3v) is 6.87. The summed E-state index contributed by atoms with van der Waals surface area (Å²) >= 11 is 1.66. The molecule has 30 heavy (non-hydrogen) atoms. The summed E-state index contributed by atoms with van der Waals surface area (Å²) in [5.74, 6) is -0.0663. The summed E-state index contributed by atoms with van der Waals surface area (Å²) in [7, 11) is 0. The second-order valence-corrected chi connectivity index (χ2v) is 8.76. The molecule has 5 rings (SSSR count). The lowest BCUT2D eigenvalue weighted by molar-refractivity contribution is 0.102. The van der Waals surface area contributed by atoms with Gasteiger partial charge < -0.3 is 10.3 Å². The van der Waals surface area contributed by atoms with Crippen molar-refractivity contribution in [3.05, 3.63) is 81.9 Å². The number of aryl methyl sites for hydroxylation is 2. The Morgan fingerprint density at radius 2 is 1.83 bits per heavy atom. The topological polar surface area (TPSA) is 57.2 Å². The summed E-state index contributed by atoms with van der Waals surface area (Å²) in [4.78, 5) is 22.8.